The predicted molar refractivity (Wildman–Crippen MR) is 71.5 cm³/mol. The third-order valence-corrected chi connectivity index (χ3v) is 3.95. The minimum atomic E-state index is 0.00718. The van der Waals surface area contributed by atoms with Gasteiger partial charge in [-0.15, -0.1) is 0 Å². The van der Waals surface area contributed by atoms with Gasteiger partial charge in [-0.3, -0.25) is 0 Å². The predicted octanol–water partition coefficient (Wildman–Crippen LogP) is 3.46. The Bertz CT molecular complexity index is 507. The fourth-order valence-electron chi connectivity index (χ4n) is 1.67. The molecular formula is C13H18N2O2S. The Labute approximate surface area is 111 Å². The molecule has 2 N–H and O–H groups in total. The first-order chi connectivity index (χ1) is 8.60. The van der Waals surface area contributed by atoms with Crippen molar-refractivity contribution in [1.29, 1.82) is 0 Å². The largest absolute Gasteiger partial charge is 0.465 e. The highest BCUT2D eigenvalue weighted by atomic mass is 32.2. The molecule has 0 aliphatic rings. The number of nitrogens with zero attached hydrogens (tertiary/aromatic N) is 1. The van der Waals surface area contributed by atoms with Gasteiger partial charge >= 0.3 is 0 Å². The van der Waals surface area contributed by atoms with Gasteiger partial charge in [0.15, 0.2) is 0 Å². The van der Waals surface area contributed by atoms with Crippen LogP contribution in [0.2, 0.25) is 0 Å². The van der Waals surface area contributed by atoms with Crippen LogP contribution < -0.4 is 5.73 Å². The molecule has 0 aliphatic carbocycles. The van der Waals surface area contributed by atoms with Crippen LogP contribution in [0.5, 0.6) is 0 Å². The Morgan fingerprint density at radius 3 is 2.67 bits per heavy atom. The summed E-state index contributed by atoms with van der Waals surface area (Å²) in [5.41, 5.74) is 7.04. The summed E-state index contributed by atoms with van der Waals surface area (Å²) < 4.78 is 11.0. The molecule has 0 aliphatic heterocycles. The van der Waals surface area contributed by atoms with Crippen molar-refractivity contribution >= 4 is 11.8 Å². The first-order valence-electron chi connectivity index (χ1n) is 6.01. The van der Waals surface area contributed by atoms with Crippen LogP contribution in [0.1, 0.15) is 35.8 Å². The van der Waals surface area contributed by atoms with E-state index in [0.29, 0.717) is 5.22 Å². The molecule has 2 aromatic rings. The molecule has 0 aromatic carbocycles. The number of aromatic nitrogens is 1. The minimum absolute atomic E-state index is 0.00718. The van der Waals surface area contributed by atoms with Crippen molar-refractivity contribution in [2.24, 2.45) is 5.73 Å². The molecule has 4 nitrogen and oxygen atoms in total. The van der Waals surface area contributed by atoms with Gasteiger partial charge < -0.3 is 14.6 Å². The zero-order chi connectivity index (χ0) is 13.1. The Balaban J connectivity index is 2.20. The Morgan fingerprint density at radius 1 is 1.39 bits per heavy atom. The monoisotopic (exact) mass is 266 g/mol. The van der Waals surface area contributed by atoms with E-state index >= 15 is 0 Å². The number of aryl methyl sites for hydroxylation is 2. The van der Waals surface area contributed by atoms with Gasteiger partial charge in [0.25, 0.3) is 5.22 Å². The molecule has 18 heavy (non-hydrogen) atoms. The van der Waals surface area contributed by atoms with Gasteiger partial charge in [-0.25, -0.2) is 4.98 Å². The summed E-state index contributed by atoms with van der Waals surface area (Å²) in [6, 6.07) is 3.93. The average Bonchev–Trinajstić information content (AvgIpc) is 2.94. The Hall–Kier alpha value is -1.20. The van der Waals surface area contributed by atoms with Crippen LogP contribution in [0.15, 0.2) is 32.5 Å². The average molecular weight is 266 g/mol. The van der Waals surface area contributed by atoms with Crippen LogP contribution in [0, 0.1) is 13.8 Å². The third kappa shape index (κ3) is 2.97. The number of hydrogen-bond acceptors (Lipinski definition) is 5. The summed E-state index contributed by atoms with van der Waals surface area (Å²) in [4.78, 5) is 4.30. The van der Waals surface area contributed by atoms with Gasteiger partial charge in [-0.2, -0.15) is 0 Å². The molecule has 0 spiro atoms. The van der Waals surface area contributed by atoms with E-state index < -0.39 is 0 Å². The second kappa shape index (κ2) is 5.63. The summed E-state index contributed by atoms with van der Waals surface area (Å²) >= 11 is 1.51. The molecule has 2 heterocycles. The standard InChI is InChI=1S/C13H18N2O2S/c1-4-10(14)12(11-6-5-9(3)17-11)18-13-15-8(2)7-16-13/h5-7,10,12H,4,14H2,1-3H3. The molecule has 2 rings (SSSR count). The van der Waals surface area contributed by atoms with Crippen LogP contribution in [-0.2, 0) is 0 Å². The summed E-state index contributed by atoms with van der Waals surface area (Å²) in [6.07, 6.45) is 2.52. The van der Waals surface area contributed by atoms with E-state index in [4.69, 9.17) is 14.6 Å². The molecule has 0 saturated carbocycles. The maximum absolute atomic E-state index is 6.16. The molecule has 5 heteroatoms. The van der Waals surface area contributed by atoms with E-state index in [1.807, 2.05) is 26.0 Å². The molecule has 0 amide bonds. The first-order valence-corrected chi connectivity index (χ1v) is 6.88. The molecule has 2 aromatic heterocycles. The van der Waals surface area contributed by atoms with Gasteiger partial charge in [0, 0.05) is 6.04 Å². The van der Waals surface area contributed by atoms with E-state index in [1.165, 1.54) is 11.8 Å². The van der Waals surface area contributed by atoms with Crippen molar-refractivity contribution in [1.82, 2.24) is 4.98 Å². The smallest absolute Gasteiger partial charge is 0.256 e. The molecule has 0 saturated heterocycles. The minimum Gasteiger partial charge on any atom is -0.465 e. The van der Waals surface area contributed by atoms with Crippen molar-refractivity contribution in [2.45, 2.75) is 43.7 Å². The number of rotatable bonds is 5. The summed E-state index contributed by atoms with van der Waals surface area (Å²) in [5, 5.41) is 0.664. The molecule has 98 valence electrons. The first kappa shape index (κ1) is 13.2. The van der Waals surface area contributed by atoms with Crippen molar-refractivity contribution in [3.05, 3.63) is 35.6 Å². The number of nitrogens with two attached hydrogens (primary N) is 1. The quantitative estimate of drug-likeness (QED) is 0.840. The number of thioether (sulfide) groups is 1. The van der Waals surface area contributed by atoms with Crippen molar-refractivity contribution in [3.63, 3.8) is 0 Å². The van der Waals surface area contributed by atoms with E-state index in [2.05, 4.69) is 11.9 Å². The third-order valence-electron chi connectivity index (χ3n) is 2.73. The summed E-state index contributed by atoms with van der Waals surface area (Å²) in [7, 11) is 0. The van der Waals surface area contributed by atoms with Crippen LogP contribution in [0.4, 0.5) is 0 Å². The van der Waals surface area contributed by atoms with Crippen LogP contribution in [0.25, 0.3) is 0 Å². The molecule has 2 unspecified atom stereocenters. The summed E-state index contributed by atoms with van der Waals surface area (Å²) in [6.45, 7) is 5.90. The Kier molecular flexibility index (Phi) is 4.14. The van der Waals surface area contributed by atoms with Crippen LogP contribution in [-0.4, -0.2) is 11.0 Å². The maximum Gasteiger partial charge on any atom is 0.256 e. The van der Waals surface area contributed by atoms with Crippen molar-refractivity contribution in [3.8, 4) is 0 Å². The van der Waals surface area contributed by atoms with E-state index in [-0.39, 0.29) is 11.3 Å². The van der Waals surface area contributed by atoms with Crippen LogP contribution >= 0.6 is 11.8 Å². The second-order valence-corrected chi connectivity index (χ2v) is 5.41. The lowest BCUT2D eigenvalue weighted by Gasteiger charge is -2.18. The van der Waals surface area contributed by atoms with Crippen LogP contribution in [0.3, 0.4) is 0 Å². The van der Waals surface area contributed by atoms with E-state index in [1.54, 1.807) is 6.26 Å². The second-order valence-electron chi connectivity index (χ2n) is 4.31. The highest BCUT2D eigenvalue weighted by molar-refractivity contribution is 7.99. The van der Waals surface area contributed by atoms with Gasteiger partial charge in [-0.05, 0) is 32.4 Å². The fraction of sp³-hybridized carbons (Fsp3) is 0.462. The Morgan fingerprint density at radius 2 is 2.17 bits per heavy atom. The zero-order valence-corrected chi connectivity index (χ0v) is 11.7. The lowest BCUT2D eigenvalue weighted by atomic mass is 10.1. The number of furan rings is 1. The topological polar surface area (TPSA) is 65.2 Å². The molecular weight excluding hydrogens is 248 g/mol. The van der Waals surface area contributed by atoms with Gasteiger partial charge in [-0.1, -0.05) is 18.7 Å². The van der Waals surface area contributed by atoms with Gasteiger partial charge in [0.1, 0.15) is 17.8 Å². The number of oxazole rings is 1. The molecule has 0 fully saturated rings. The maximum atomic E-state index is 6.16. The number of hydrogen-bond donors (Lipinski definition) is 1. The lowest BCUT2D eigenvalue weighted by Crippen LogP contribution is -2.25. The van der Waals surface area contributed by atoms with Gasteiger partial charge in [0.2, 0.25) is 0 Å². The fourth-order valence-corrected chi connectivity index (χ4v) is 2.80. The highest BCUT2D eigenvalue weighted by Gasteiger charge is 2.25. The van der Waals surface area contributed by atoms with Gasteiger partial charge in [0.05, 0.1) is 10.9 Å². The lowest BCUT2D eigenvalue weighted by molar-refractivity contribution is 0.437. The molecule has 2 atom stereocenters. The van der Waals surface area contributed by atoms with E-state index in [0.717, 1.165) is 23.6 Å². The van der Waals surface area contributed by atoms with E-state index in [9.17, 15) is 0 Å². The zero-order valence-electron chi connectivity index (χ0n) is 10.8. The highest BCUT2D eigenvalue weighted by Crippen LogP contribution is 2.38. The van der Waals surface area contributed by atoms with Crippen molar-refractivity contribution in [2.75, 3.05) is 0 Å². The SMILES string of the molecule is CCC(N)C(Sc1nc(C)co1)c1ccc(C)o1. The van der Waals surface area contributed by atoms with Crippen molar-refractivity contribution < 1.29 is 8.83 Å². The summed E-state index contributed by atoms with van der Waals surface area (Å²) in [5.74, 6) is 1.77. The molecule has 0 radical (unpaired) electrons. The molecule has 0 bridgehead atoms. The normalized spacial score (nSPS) is 14.7.